The molecule has 3 aromatic heterocycles. The average Bonchev–Trinajstić information content (AvgIpc) is 3.70. The summed E-state index contributed by atoms with van der Waals surface area (Å²) >= 11 is 0. The summed E-state index contributed by atoms with van der Waals surface area (Å²) in [5.41, 5.74) is 2.34. The Morgan fingerprint density at radius 2 is 1.81 bits per heavy atom. The fourth-order valence-corrected chi connectivity index (χ4v) is 3.70. The number of pyridine rings is 2. The van der Waals surface area contributed by atoms with Crippen molar-refractivity contribution < 1.29 is 17.6 Å². The van der Waals surface area contributed by atoms with Crippen molar-refractivity contribution in [3.63, 3.8) is 0 Å². The first-order valence-corrected chi connectivity index (χ1v) is 11.6. The van der Waals surface area contributed by atoms with Gasteiger partial charge in [-0.3, -0.25) is 9.97 Å². The molecule has 1 aliphatic rings. The van der Waals surface area contributed by atoms with Crippen molar-refractivity contribution in [1.82, 2.24) is 19.9 Å². The minimum atomic E-state index is -4.42. The van der Waals surface area contributed by atoms with Gasteiger partial charge in [0, 0.05) is 23.6 Å². The number of aromatic nitrogens is 4. The van der Waals surface area contributed by atoms with Crippen molar-refractivity contribution in [2.75, 3.05) is 5.32 Å². The van der Waals surface area contributed by atoms with E-state index in [-0.39, 0.29) is 18.2 Å². The molecule has 0 amide bonds. The molecular formula is C26H21F4N7. The zero-order valence-corrected chi connectivity index (χ0v) is 19.5. The van der Waals surface area contributed by atoms with E-state index >= 15 is 0 Å². The van der Waals surface area contributed by atoms with Crippen LogP contribution in [0.1, 0.15) is 29.7 Å². The highest BCUT2D eigenvalue weighted by Gasteiger charge is 2.30. The van der Waals surface area contributed by atoms with Gasteiger partial charge in [0.15, 0.2) is 5.82 Å². The molecule has 4 aromatic rings. The Morgan fingerprint density at radius 3 is 2.57 bits per heavy atom. The van der Waals surface area contributed by atoms with E-state index in [0.717, 1.165) is 30.3 Å². The number of hydrogen-bond acceptors (Lipinski definition) is 7. The lowest BCUT2D eigenvalue weighted by Crippen LogP contribution is -2.05. The topological polar surface area (TPSA) is 88.3 Å². The Hall–Kier alpha value is -4.28. The Bertz CT molecular complexity index is 1420. The molecule has 0 spiro atoms. The molecule has 0 radical (unpaired) electrons. The first-order chi connectivity index (χ1) is 17.8. The van der Waals surface area contributed by atoms with Crippen LogP contribution in [0, 0.1) is 11.7 Å². The molecule has 1 N–H and O–H groups in total. The summed E-state index contributed by atoms with van der Waals surface area (Å²) in [6.45, 7) is 0.109. The number of azo groups is 1. The van der Waals surface area contributed by atoms with E-state index in [2.05, 4.69) is 35.5 Å². The fourth-order valence-electron chi connectivity index (χ4n) is 3.70. The summed E-state index contributed by atoms with van der Waals surface area (Å²) in [7, 11) is 0. The molecule has 37 heavy (non-hydrogen) atoms. The van der Waals surface area contributed by atoms with E-state index in [9.17, 15) is 17.6 Å². The standard InChI is InChI=1S/C26H21F4N7/c27-23-15-33-25(36-24(23)18-9-17(11-31-12-18)8-16-4-5-16)37-34-14-21-6-7-22(13-32-21)35-20-3-1-2-19(10-20)26(28,29)30/h1-3,6-7,9-13,15-16,35H,4-5,8,14H2. The summed E-state index contributed by atoms with van der Waals surface area (Å²) in [6.07, 6.45) is 4.80. The molecule has 0 aliphatic heterocycles. The van der Waals surface area contributed by atoms with E-state index < -0.39 is 17.6 Å². The van der Waals surface area contributed by atoms with Crippen molar-refractivity contribution in [2.24, 2.45) is 16.1 Å². The number of halogens is 4. The third-order valence-electron chi connectivity index (χ3n) is 5.72. The Morgan fingerprint density at radius 1 is 0.946 bits per heavy atom. The second-order valence-electron chi connectivity index (χ2n) is 8.74. The molecule has 1 fully saturated rings. The first kappa shape index (κ1) is 24.4. The van der Waals surface area contributed by atoms with Crippen LogP contribution < -0.4 is 5.32 Å². The number of nitrogens with zero attached hydrogens (tertiary/aromatic N) is 6. The van der Waals surface area contributed by atoms with Gasteiger partial charge in [0.25, 0.3) is 5.95 Å². The summed E-state index contributed by atoms with van der Waals surface area (Å²) in [4.78, 5) is 16.5. The minimum absolute atomic E-state index is 0.00632. The third-order valence-corrected chi connectivity index (χ3v) is 5.72. The van der Waals surface area contributed by atoms with Crippen molar-refractivity contribution >= 4 is 17.3 Å². The first-order valence-electron chi connectivity index (χ1n) is 11.6. The Kier molecular flexibility index (Phi) is 6.85. The monoisotopic (exact) mass is 507 g/mol. The van der Waals surface area contributed by atoms with E-state index in [1.54, 1.807) is 24.5 Å². The number of anilines is 2. The van der Waals surface area contributed by atoms with Crippen molar-refractivity contribution in [3.8, 4) is 11.3 Å². The molecule has 0 unspecified atom stereocenters. The molecule has 0 atom stereocenters. The van der Waals surface area contributed by atoms with Gasteiger partial charge in [-0.15, -0.1) is 5.11 Å². The fraction of sp³-hybridized carbons (Fsp3) is 0.231. The number of alkyl halides is 3. The predicted molar refractivity (Wildman–Crippen MR) is 129 cm³/mol. The maximum absolute atomic E-state index is 14.4. The third kappa shape index (κ3) is 6.49. The molecule has 1 aromatic carbocycles. The summed E-state index contributed by atoms with van der Waals surface area (Å²) in [5, 5.41) is 10.9. The van der Waals surface area contributed by atoms with Gasteiger partial charge >= 0.3 is 6.18 Å². The molecule has 0 saturated heterocycles. The van der Waals surface area contributed by atoms with Gasteiger partial charge in [0.05, 0.1) is 29.3 Å². The molecule has 188 valence electrons. The van der Waals surface area contributed by atoms with Crippen LogP contribution in [0.4, 0.5) is 34.9 Å². The van der Waals surface area contributed by atoms with Gasteiger partial charge < -0.3 is 5.32 Å². The van der Waals surface area contributed by atoms with Crippen molar-refractivity contribution in [3.05, 3.63) is 89.9 Å². The molecule has 3 heterocycles. The maximum Gasteiger partial charge on any atom is 0.416 e. The lowest BCUT2D eigenvalue weighted by molar-refractivity contribution is -0.137. The van der Waals surface area contributed by atoms with Crippen molar-refractivity contribution in [1.29, 1.82) is 0 Å². The maximum atomic E-state index is 14.4. The van der Waals surface area contributed by atoms with Crippen LogP contribution in [0.2, 0.25) is 0 Å². The van der Waals surface area contributed by atoms with Crippen LogP contribution in [0.5, 0.6) is 0 Å². The highest BCUT2D eigenvalue weighted by Crippen LogP contribution is 2.33. The summed E-state index contributed by atoms with van der Waals surface area (Å²) in [5.74, 6) is 0.109. The molecule has 11 heteroatoms. The minimum Gasteiger partial charge on any atom is -0.354 e. The van der Waals surface area contributed by atoms with Gasteiger partial charge in [-0.2, -0.15) is 18.3 Å². The van der Waals surface area contributed by atoms with E-state index in [0.29, 0.717) is 28.6 Å². The molecule has 7 nitrogen and oxygen atoms in total. The van der Waals surface area contributed by atoms with Gasteiger partial charge in [-0.05, 0) is 67.1 Å². The lowest BCUT2D eigenvalue weighted by Gasteiger charge is -2.10. The zero-order chi connectivity index (χ0) is 25.8. The Balaban J connectivity index is 1.23. The summed E-state index contributed by atoms with van der Waals surface area (Å²) < 4.78 is 53.1. The van der Waals surface area contributed by atoms with Gasteiger partial charge in [0.2, 0.25) is 0 Å². The number of hydrogen-bond donors (Lipinski definition) is 1. The van der Waals surface area contributed by atoms with Crippen LogP contribution in [0.3, 0.4) is 0 Å². The smallest absolute Gasteiger partial charge is 0.354 e. The number of rotatable bonds is 8. The highest BCUT2D eigenvalue weighted by molar-refractivity contribution is 5.60. The van der Waals surface area contributed by atoms with Crippen LogP contribution in [0.25, 0.3) is 11.3 Å². The predicted octanol–water partition coefficient (Wildman–Crippen LogP) is 7.07. The SMILES string of the molecule is Fc1cnc(N=NCc2ccc(Nc3cccc(C(F)(F)F)c3)cn2)nc1-c1cncc(CC2CC2)c1. The quantitative estimate of drug-likeness (QED) is 0.204. The number of benzene rings is 1. The normalized spacial score (nSPS) is 13.7. The van der Waals surface area contributed by atoms with Gasteiger partial charge in [0.1, 0.15) is 12.2 Å². The second kappa shape index (κ2) is 10.4. The number of nitrogens with one attached hydrogen (secondary N) is 1. The van der Waals surface area contributed by atoms with E-state index in [4.69, 9.17) is 0 Å². The second-order valence-corrected chi connectivity index (χ2v) is 8.74. The molecule has 0 bridgehead atoms. The lowest BCUT2D eigenvalue weighted by atomic mass is 10.1. The van der Waals surface area contributed by atoms with Gasteiger partial charge in [-0.25, -0.2) is 14.4 Å². The molecule has 1 saturated carbocycles. The zero-order valence-electron chi connectivity index (χ0n) is 19.5. The van der Waals surface area contributed by atoms with Crippen molar-refractivity contribution in [2.45, 2.75) is 32.0 Å². The molecular weight excluding hydrogens is 486 g/mol. The summed E-state index contributed by atoms with van der Waals surface area (Å²) in [6, 6.07) is 10.1. The van der Waals surface area contributed by atoms with Crippen LogP contribution >= 0.6 is 0 Å². The molecule has 1 aliphatic carbocycles. The average molecular weight is 507 g/mol. The Labute approximate surface area is 209 Å². The van der Waals surface area contributed by atoms with E-state index in [1.165, 1.54) is 31.2 Å². The van der Waals surface area contributed by atoms with Gasteiger partial charge in [-0.1, -0.05) is 6.07 Å². The van der Waals surface area contributed by atoms with E-state index in [1.807, 2.05) is 6.07 Å². The largest absolute Gasteiger partial charge is 0.416 e. The molecule has 5 rings (SSSR count). The van der Waals surface area contributed by atoms with Crippen LogP contribution in [0.15, 0.2) is 77.5 Å². The highest BCUT2D eigenvalue weighted by atomic mass is 19.4. The van der Waals surface area contributed by atoms with Crippen LogP contribution in [-0.2, 0) is 19.1 Å². The van der Waals surface area contributed by atoms with Crippen LogP contribution in [-0.4, -0.2) is 19.9 Å².